The van der Waals surface area contributed by atoms with Gasteiger partial charge in [-0.3, -0.25) is 4.90 Å². The van der Waals surface area contributed by atoms with Gasteiger partial charge in [0.05, 0.1) is 24.4 Å². The topological polar surface area (TPSA) is 80.5 Å². The molecule has 0 saturated carbocycles. The number of urea groups is 1. The second-order valence-electron chi connectivity index (χ2n) is 8.62. The predicted octanol–water partition coefficient (Wildman–Crippen LogP) is 6.06. The number of anilines is 1. The number of hydrogen-bond donors (Lipinski definition) is 1. The van der Waals surface area contributed by atoms with E-state index in [-0.39, 0.29) is 6.03 Å². The van der Waals surface area contributed by atoms with Gasteiger partial charge in [0.15, 0.2) is 0 Å². The minimum atomic E-state index is -0.442. The molecule has 1 N–H and O–H groups in total. The largest absolute Gasteiger partial charge is 0.497 e. The van der Waals surface area contributed by atoms with Crippen LogP contribution in [-0.2, 0) is 0 Å². The van der Waals surface area contributed by atoms with Gasteiger partial charge in [0.25, 0.3) is 5.89 Å². The number of hydrogen-bond acceptors (Lipinski definition) is 5. The molecule has 0 radical (unpaired) electrons. The summed E-state index contributed by atoms with van der Waals surface area (Å²) in [5.41, 5.74) is 6.15. The Morgan fingerprint density at radius 2 is 1.71 bits per heavy atom. The molecule has 0 saturated heterocycles. The Morgan fingerprint density at radius 3 is 2.46 bits per heavy atom. The van der Waals surface area contributed by atoms with Crippen LogP contribution in [-0.4, -0.2) is 23.3 Å². The molecule has 0 bridgehead atoms. The second kappa shape index (κ2) is 9.10. The number of aromatic nitrogens is 2. The van der Waals surface area contributed by atoms with E-state index in [4.69, 9.17) is 14.2 Å². The third kappa shape index (κ3) is 4.28. The number of ether oxygens (including phenoxy) is 1. The molecule has 5 rings (SSSR count). The SMILES string of the molecule is COc1cccc(-c2noc(C3=C(C)N(c4cccc(C)c4)C(=O)NC3c3ccc(C)cc3)n2)c1. The number of nitrogens with zero attached hydrogens (tertiary/aromatic N) is 3. The third-order valence-corrected chi connectivity index (χ3v) is 6.14. The first-order valence-corrected chi connectivity index (χ1v) is 11.4. The van der Waals surface area contributed by atoms with Crippen LogP contribution in [0.2, 0.25) is 0 Å². The summed E-state index contributed by atoms with van der Waals surface area (Å²) in [4.78, 5) is 19.7. The highest BCUT2D eigenvalue weighted by atomic mass is 16.5. The summed E-state index contributed by atoms with van der Waals surface area (Å²) in [6, 6.07) is 22.7. The van der Waals surface area contributed by atoms with Crippen molar-refractivity contribution < 1.29 is 14.1 Å². The van der Waals surface area contributed by atoms with E-state index in [1.807, 2.05) is 93.6 Å². The normalized spacial score (nSPS) is 15.8. The molecule has 1 unspecified atom stereocenters. The smallest absolute Gasteiger partial charge is 0.326 e. The van der Waals surface area contributed by atoms with E-state index < -0.39 is 6.04 Å². The Morgan fingerprint density at radius 1 is 0.943 bits per heavy atom. The lowest BCUT2D eigenvalue weighted by Gasteiger charge is -2.35. The highest BCUT2D eigenvalue weighted by Crippen LogP contribution is 2.39. The molecule has 0 aliphatic carbocycles. The number of aryl methyl sites for hydroxylation is 2. The molecule has 0 spiro atoms. The number of carbonyl (C=O) groups excluding carboxylic acids is 1. The molecule has 2 amide bonds. The van der Waals surface area contributed by atoms with Crippen LogP contribution in [0, 0.1) is 13.8 Å². The third-order valence-electron chi connectivity index (χ3n) is 6.14. The van der Waals surface area contributed by atoms with Gasteiger partial charge in [-0.1, -0.05) is 59.3 Å². The fraction of sp³-hybridized carbons (Fsp3) is 0.179. The maximum absolute atomic E-state index is 13.3. The summed E-state index contributed by atoms with van der Waals surface area (Å²) in [5, 5.41) is 7.39. The maximum atomic E-state index is 13.3. The van der Waals surface area contributed by atoms with E-state index in [1.165, 1.54) is 0 Å². The Bertz CT molecular complexity index is 1420. The summed E-state index contributed by atoms with van der Waals surface area (Å²) in [7, 11) is 1.62. The number of benzene rings is 3. The maximum Gasteiger partial charge on any atom is 0.326 e. The molecule has 4 aromatic rings. The van der Waals surface area contributed by atoms with E-state index in [0.717, 1.165) is 39.2 Å². The predicted molar refractivity (Wildman–Crippen MR) is 135 cm³/mol. The molecule has 1 atom stereocenters. The van der Waals surface area contributed by atoms with E-state index in [1.54, 1.807) is 12.0 Å². The molecule has 1 aromatic heterocycles. The van der Waals surface area contributed by atoms with Crippen LogP contribution in [0.3, 0.4) is 0 Å². The van der Waals surface area contributed by atoms with Crippen molar-refractivity contribution in [3.05, 3.63) is 101 Å². The zero-order chi connectivity index (χ0) is 24.5. The van der Waals surface area contributed by atoms with E-state index in [0.29, 0.717) is 17.5 Å². The van der Waals surface area contributed by atoms with Crippen molar-refractivity contribution in [1.29, 1.82) is 0 Å². The molecule has 35 heavy (non-hydrogen) atoms. The average Bonchev–Trinajstić information content (AvgIpc) is 3.34. The van der Waals surface area contributed by atoms with Crippen LogP contribution in [0.15, 0.2) is 83.0 Å². The molecular formula is C28H26N4O3. The van der Waals surface area contributed by atoms with Crippen LogP contribution in [0.4, 0.5) is 10.5 Å². The van der Waals surface area contributed by atoms with Gasteiger partial charge in [0.2, 0.25) is 5.82 Å². The minimum Gasteiger partial charge on any atom is -0.497 e. The molecule has 0 fully saturated rings. The van der Waals surface area contributed by atoms with Gasteiger partial charge in [-0.05, 0) is 56.2 Å². The van der Waals surface area contributed by atoms with Crippen LogP contribution < -0.4 is 15.0 Å². The van der Waals surface area contributed by atoms with Gasteiger partial charge in [0.1, 0.15) is 5.75 Å². The first-order valence-electron chi connectivity index (χ1n) is 11.4. The highest BCUT2D eigenvalue weighted by Gasteiger charge is 2.36. The quantitative estimate of drug-likeness (QED) is 0.386. The minimum absolute atomic E-state index is 0.213. The number of allylic oxidation sites excluding steroid dienone is 1. The van der Waals surface area contributed by atoms with Crippen molar-refractivity contribution in [1.82, 2.24) is 15.5 Å². The van der Waals surface area contributed by atoms with Gasteiger partial charge in [-0.25, -0.2) is 4.79 Å². The van der Waals surface area contributed by atoms with Crippen molar-refractivity contribution in [2.24, 2.45) is 0 Å². The molecular weight excluding hydrogens is 440 g/mol. The first kappa shape index (κ1) is 22.4. The first-order chi connectivity index (χ1) is 16.9. The van der Waals surface area contributed by atoms with Crippen LogP contribution in [0.1, 0.15) is 35.5 Å². The Balaban J connectivity index is 1.65. The summed E-state index contributed by atoms with van der Waals surface area (Å²) >= 11 is 0. The number of rotatable bonds is 5. The molecule has 2 heterocycles. The lowest BCUT2D eigenvalue weighted by atomic mass is 9.94. The van der Waals surface area contributed by atoms with Crippen molar-refractivity contribution in [2.75, 3.05) is 12.0 Å². The monoisotopic (exact) mass is 466 g/mol. The van der Waals surface area contributed by atoms with E-state index in [2.05, 4.69) is 10.5 Å². The van der Waals surface area contributed by atoms with Crippen LogP contribution in [0.5, 0.6) is 5.75 Å². The second-order valence-corrected chi connectivity index (χ2v) is 8.62. The Hall–Kier alpha value is -4.39. The molecule has 176 valence electrons. The molecule has 3 aromatic carbocycles. The fourth-order valence-corrected chi connectivity index (χ4v) is 4.32. The Kier molecular flexibility index (Phi) is 5.82. The zero-order valence-electron chi connectivity index (χ0n) is 20.1. The van der Waals surface area contributed by atoms with Crippen molar-refractivity contribution in [3.8, 4) is 17.1 Å². The molecule has 1 aliphatic rings. The van der Waals surface area contributed by atoms with E-state index >= 15 is 0 Å². The molecule has 7 nitrogen and oxygen atoms in total. The van der Waals surface area contributed by atoms with Crippen molar-refractivity contribution in [3.63, 3.8) is 0 Å². The molecule has 7 heteroatoms. The van der Waals surface area contributed by atoms with Crippen LogP contribution in [0.25, 0.3) is 17.0 Å². The van der Waals surface area contributed by atoms with Gasteiger partial charge >= 0.3 is 6.03 Å². The highest BCUT2D eigenvalue weighted by molar-refractivity contribution is 6.01. The van der Waals surface area contributed by atoms with E-state index in [9.17, 15) is 4.79 Å². The lowest BCUT2D eigenvalue weighted by Crippen LogP contribution is -2.46. The Labute approximate surface area is 204 Å². The average molecular weight is 467 g/mol. The van der Waals surface area contributed by atoms with Gasteiger partial charge < -0.3 is 14.6 Å². The summed E-state index contributed by atoms with van der Waals surface area (Å²) in [6.45, 7) is 5.94. The van der Waals surface area contributed by atoms with Gasteiger partial charge in [0, 0.05) is 11.3 Å². The van der Waals surface area contributed by atoms with Gasteiger partial charge in [-0.2, -0.15) is 4.98 Å². The lowest BCUT2D eigenvalue weighted by molar-refractivity contribution is 0.244. The zero-order valence-corrected chi connectivity index (χ0v) is 20.1. The fourth-order valence-electron chi connectivity index (χ4n) is 4.32. The number of carbonyl (C=O) groups is 1. The number of methoxy groups -OCH3 is 1. The van der Waals surface area contributed by atoms with Crippen LogP contribution >= 0.6 is 0 Å². The number of amides is 2. The summed E-state index contributed by atoms with van der Waals surface area (Å²) in [5.74, 6) is 1.50. The standard InChI is InChI=1S/C28H26N4O3/c1-17-11-13-20(14-12-17)25-24(19(3)32(28(33)29-25)22-9-5-7-18(2)15-22)27-30-26(31-35-27)21-8-6-10-23(16-21)34-4/h5-16,25H,1-4H3,(H,29,33). The molecule has 1 aliphatic heterocycles. The van der Waals surface area contributed by atoms with Crippen molar-refractivity contribution >= 4 is 17.3 Å². The number of nitrogens with one attached hydrogen (secondary N) is 1. The van der Waals surface area contributed by atoms with Gasteiger partial charge in [-0.15, -0.1) is 0 Å². The summed E-state index contributed by atoms with van der Waals surface area (Å²) < 4.78 is 11.1. The van der Waals surface area contributed by atoms with Crippen molar-refractivity contribution in [2.45, 2.75) is 26.8 Å². The summed E-state index contributed by atoms with van der Waals surface area (Å²) in [6.07, 6.45) is 0.